The molecule has 2 amide bonds. The zero-order chi connectivity index (χ0) is 20.0. The minimum Gasteiger partial charge on any atom is -0.346 e. The first-order valence-electron chi connectivity index (χ1n) is 9.17. The number of hydrogen-bond acceptors (Lipinski definition) is 3. The number of carbonyl (C=O) groups is 2. The minimum absolute atomic E-state index is 0.0463. The third kappa shape index (κ3) is 5.93. The van der Waals surface area contributed by atoms with Gasteiger partial charge in [-0.15, -0.1) is 0 Å². The molecule has 0 aliphatic heterocycles. The van der Waals surface area contributed by atoms with Gasteiger partial charge < -0.3 is 10.6 Å². The monoisotopic (exact) mass is 367 g/mol. The van der Waals surface area contributed by atoms with Crippen molar-refractivity contribution in [2.75, 3.05) is 18.9 Å². The zero-order valence-electron chi connectivity index (χ0n) is 16.8. The average Bonchev–Trinajstić information content (AvgIpc) is 2.64. The zero-order valence-corrected chi connectivity index (χ0v) is 16.8. The molecular weight excluding hydrogens is 338 g/mol. The van der Waals surface area contributed by atoms with Gasteiger partial charge in [0.1, 0.15) is 0 Å². The molecule has 0 radical (unpaired) electrons. The third-order valence-corrected chi connectivity index (χ3v) is 4.76. The molecule has 2 aromatic carbocycles. The average molecular weight is 367 g/mol. The van der Waals surface area contributed by atoms with E-state index in [0.717, 1.165) is 22.4 Å². The molecule has 0 saturated heterocycles. The smallest absolute Gasteiger partial charge is 0.243 e. The van der Waals surface area contributed by atoms with Gasteiger partial charge >= 0.3 is 0 Å². The first-order chi connectivity index (χ1) is 12.8. The molecule has 1 atom stereocenters. The number of para-hydroxylation sites is 1. The molecule has 0 unspecified atom stereocenters. The van der Waals surface area contributed by atoms with E-state index in [1.165, 1.54) is 5.56 Å². The van der Waals surface area contributed by atoms with E-state index in [4.69, 9.17) is 0 Å². The SMILES string of the molecule is Cc1ccc(CN(C)[C@H](C)C(=O)NCC(=O)Nc2c(C)cccc2C)cc1. The van der Waals surface area contributed by atoms with Crippen molar-refractivity contribution in [3.05, 3.63) is 64.7 Å². The van der Waals surface area contributed by atoms with Gasteiger partial charge in [0.2, 0.25) is 11.8 Å². The predicted molar refractivity (Wildman–Crippen MR) is 110 cm³/mol. The number of carbonyl (C=O) groups excluding carboxylic acids is 2. The van der Waals surface area contributed by atoms with Crippen molar-refractivity contribution >= 4 is 17.5 Å². The Labute approximate surface area is 161 Å². The summed E-state index contributed by atoms with van der Waals surface area (Å²) in [6, 6.07) is 13.8. The van der Waals surface area contributed by atoms with Gasteiger partial charge in [-0.3, -0.25) is 14.5 Å². The van der Waals surface area contributed by atoms with Gasteiger partial charge in [0.25, 0.3) is 0 Å². The highest BCUT2D eigenvalue weighted by Crippen LogP contribution is 2.19. The van der Waals surface area contributed by atoms with Crippen molar-refractivity contribution in [1.82, 2.24) is 10.2 Å². The van der Waals surface area contributed by atoms with Crippen LogP contribution >= 0.6 is 0 Å². The maximum atomic E-state index is 12.4. The van der Waals surface area contributed by atoms with Crippen LogP contribution in [0.1, 0.15) is 29.2 Å². The Morgan fingerprint density at radius 1 is 1.00 bits per heavy atom. The molecule has 0 fully saturated rings. The topological polar surface area (TPSA) is 61.4 Å². The van der Waals surface area contributed by atoms with Gasteiger partial charge in [-0.1, -0.05) is 48.0 Å². The van der Waals surface area contributed by atoms with E-state index in [0.29, 0.717) is 6.54 Å². The molecule has 2 N–H and O–H groups in total. The number of aryl methyl sites for hydroxylation is 3. The van der Waals surface area contributed by atoms with Gasteiger partial charge in [-0.2, -0.15) is 0 Å². The fourth-order valence-electron chi connectivity index (χ4n) is 2.83. The Bertz CT molecular complexity index is 779. The summed E-state index contributed by atoms with van der Waals surface area (Å²) in [7, 11) is 1.90. The highest BCUT2D eigenvalue weighted by Gasteiger charge is 2.19. The molecule has 0 aromatic heterocycles. The molecule has 2 rings (SSSR count). The summed E-state index contributed by atoms with van der Waals surface area (Å²) < 4.78 is 0. The first kappa shape index (κ1) is 20.6. The minimum atomic E-state index is -0.334. The second-order valence-electron chi connectivity index (χ2n) is 7.11. The van der Waals surface area contributed by atoms with Crippen LogP contribution in [0.5, 0.6) is 0 Å². The molecule has 5 heteroatoms. The number of benzene rings is 2. The van der Waals surface area contributed by atoms with E-state index in [2.05, 4.69) is 34.9 Å². The van der Waals surface area contributed by atoms with Crippen LogP contribution in [0.25, 0.3) is 0 Å². The van der Waals surface area contributed by atoms with Crippen molar-refractivity contribution in [2.24, 2.45) is 0 Å². The lowest BCUT2D eigenvalue weighted by atomic mass is 10.1. The van der Waals surface area contributed by atoms with Crippen LogP contribution < -0.4 is 10.6 Å². The number of hydrogen-bond donors (Lipinski definition) is 2. The molecule has 0 spiro atoms. The van der Waals surface area contributed by atoms with Gasteiger partial charge in [0.15, 0.2) is 0 Å². The van der Waals surface area contributed by atoms with E-state index >= 15 is 0 Å². The highest BCUT2D eigenvalue weighted by molar-refractivity contribution is 5.96. The molecule has 0 aliphatic carbocycles. The van der Waals surface area contributed by atoms with E-state index in [1.807, 2.05) is 57.8 Å². The third-order valence-electron chi connectivity index (χ3n) is 4.76. The van der Waals surface area contributed by atoms with Crippen LogP contribution in [0.2, 0.25) is 0 Å². The van der Waals surface area contributed by atoms with Crippen LogP contribution in [-0.2, 0) is 16.1 Å². The van der Waals surface area contributed by atoms with E-state index in [1.54, 1.807) is 0 Å². The normalized spacial score (nSPS) is 11.9. The Morgan fingerprint density at radius 3 is 2.19 bits per heavy atom. The van der Waals surface area contributed by atoms with E-state index < -0.39 is 0 Å². The quantitative estimate of drug-likeness (QED) is 0.790. The van der Waals surface area contributed by atoms with E-state index in [9.17, 15) is 9.59 Å². The molecule has 27 heavy (non-hydrogen) atoms. The van der Waals surface area contributed by atoms with Crippen LogP contribution in [0.4, 0.5) is 5.69 Å². The predicted octanol–water partition coefficient (Wildman–Crippen LogP) is 3.19. The Hall–Kier alpha value is -2.66. The number of nitrogens with zero attached hydrogens (tertiary/aromatic N) is 1. The van der Waals surface area contributed by atoms with Crippen LogP contribution in [0, 0.1) is 20.8 Å². The first-order valence-corrected chi connectivity index (χ1v) is 9.17. The fraction of sp³-hybridized carbons (Fsp3) is 0.364. The number of amides is 2. The summed E-state index contributed by atoms with van der Waals surface area (Å²) in [6.45, 7) is 8.41. The lowest BCUT2D eigenvalue weighted by Gasteiger charge is -2.24. The second kappa shape index (κ2) is 9.33. The van der Waals surface area contributed by atoms with Crippen molar-refractivity contribution in [3.8, 4) is 0 Å². The number of nitrogens with one attached hydrogen (secondary N) is 2. The van der Waals surface area contributed by atoms with Crippen LogP contribution in [-0.4, -0.2) is 36.3 Å². The fourth-order valence-corrected chi connectivity index (χ4v) is 2.83. The maximum Gasteiger partial charge on any atom is 0.243 e. The molecule has 0 aliphatic rings. The second-order valence-corrected chi connectivity index (χ2v) is 7.11. The van der Waals surface area contributed by atoms with Crippen LogP contribution in [0.15, 0.2) is 42.5 Å². The van der Waals surface area contributed by atoms with Gasteiger partial charge in [-0.25, -0.2) is 0 Å². The molecule has 0 heterocycles. The maximum absolute atomic E-state index is 12.4. The summed E-state index contributed by atoms with van der Waals surface area (Å²) in [5.41, 5.74) is 5.17. The Balaban J connectivity index is 1.84. The molecular formula is C22H29N3O2. The van der Waals surface area contributed by atoms with Crippen molar-refractivity contribution in [1.29, 1.82) is 0 Å². The van der Waals surface area contributed by atoms with Crippen LogP contribution in [0.3, 0.4) is 0 Å². The Kier molecular flexibility index (Phi) is 7.13. The van der Waals surface area contributed by atoms with Crippen molar-refractivity contribution in [3.63, 3.8) is 0 Å². The summed E-state index contributed by atoms with van der Waals surface area (Å²) in [4.78, 5) is 26.5. The number of anilines is 1. The number of rotatable bonds is 7. The highest BCUT2D eigenvalue weighted by atomic mass is 16.2. The summed E-state index contributed by atoms with van der Waals surface area (Å²) >= 11 is 0. The number of likely N-dealkylation sites (N-methyl/N-ethyl adjacent to an activating group) is 1. The summed E-state index contributed by atoms with van der Waals surface area (Å²) in [5, 5.41) is 5.60. The largest absolute Gasteiger partial charge is 0.346 e. The summed E-state index contributed by atoms with van der Waals surface area (Å²) in [6.07, 6.45) is 0. The van der Waals surface area contributed by atoms with Crippen molar-refractivity contribution < 1.29 is 9.59 Å². The molecule has 0 saturated carbocycles. The van der Waals surface area contributed by atoms with Gasteiger partial charge in [0.05, 0.1) is 12.6 Å². The molecule has 2 aromatic rings. The standard InChI is InChI=1S/C22H29N3O2/c1-15-9-11-19(12-10-15)14-25(5)18(4)22(27)23-13-20(26)24-21-16(2)7-6-8-17(21)3/h6-12,18H,13-14H2,1-5H3,(H,23,27)(H,24,26)/t18-/m1/s1. The molecule has 144 valence electrons. The molecule has 0 bridgehead atoms. The Morgan fingerprint density at radius 2 is 1.59 bits per heavy atom. The van der Waals surface area contributed by atoms with Crippen molar-refractivity contribution in [2.45, 2.75) is 40.3 Å². The molecule has 5 nitrogen and oxygen atoms in total. The lowest BCUT2D eigenvalue weighted by Crippen LogP contribution is -2.45. The van der Waals surface area contributed by atoms with E-state index in [-0.39, 0.29) is 24.4 Å². The van der Waals surface area contributed by atoms with Gasteiger partial charge in [0, 0.05) is 12.2 Å². The summed E-state index contributed by atoms with van der Waals surface area (Å²) in [5.74, 6) is -0.393. The lowest BCUT2D eigenvalue weighted by molar-refractivity contribution is -0.127. The van der Waals surface area contributed by atoms with Gasteiger partial charge in [-0.05, 0) is 51.4 Å².